The number of fused-ring (bicyclic) bond motifs is 4. The highest BCUT2D eigenvalue weighted by atomic mass is 32.2. The summed E-state index contributed by atoms with van der Waals surface area (Å²) in [4.78, 5) is 7.28. The molecule has 9 aromatic carbocycles. The zero-order valence-electron chi connectivity index (χ0n) is 32.8. The van der Waals surface area contributed by atoms with E-state index in [-0.39, 0.29) is 0 Å². The Morgan fingerprint density at radius 2 is 0.767 bits per heavy atom. The maximum atomic E-state index is 2.45. The Balaban J connectivity index is 0.995. The molecule has 0 unspecified atom stereocenters. The molecule has 3 nitrogen and oxygen atoms in total. The number of para-hydroxylation sites is 3. The molecule has 60 heavy (non-hydrogen) atoms. The zero-order chi connectivity index (χ0) is 39.8. The van der Waals surface area contributed by atoms with E-state index in [0.717, 1.165) is 39.8 Å². The highest BCUT2D eigenvalue weighted by Crippen LogP contribution is 2.56. The lowest BCUT2D eigenvalue weighted by molar-refractivity contribution is 1.03. The molecular formula is C56H39N3S. The average molecular weight is 786 g/mol. The van der Waals surface area contributed by atoms with Gasteiger partial charge in [0.2, 0.25) is 0 Å². The Bertz CT molecular complexity index is 2990. The van der Waals surface area contributed by atoms with Gasteiger partial charge in [-0.15, -0.1) is 0 Å². The van der Waals surface area contributed by atoms with Gasteiger partial charge in [0.15, 0.2) is 0 Å². The van der Waals surface area contributed by atoms with Gasteiger partial charge in [-0.3, -0.25) is 9.47 Å². The van der Waals surface area contributed by atoms with Crippen LogP contribution in [-0.2, 0) is 0 Å². The lowest BCUT2D eigenvalue weighted by Crippen LogP contribution is -2.18. The molecule has 0 atom stereocenters. The monoisotopic (exact) mass is 785 g/mol. The maximum Gasteiger partial charge on any atom is 0.137 e. The van der Waals surface area contributed by atoms with Crippen LogP contribution in [0.3, 0.4) is 0 Å². The quantitative estimate of drug-likeness (QED) is 0.152. The van der Waals surface area contributed by atoms with E-state index in [4.69, 9.17) is 0 Å². The molecule has 0 fully saturated rings. The average Bonchev–Trinajstić information content (AvgIpc) is 3.66. The lowest BCUT2D eigenvalue weighted by Gasteiger charge is -2.33. The Labute approximate surface area is 355 Å². The van der Waals surface area contributed by atoms with Gasteiger partial charge in [0.1, 0.15) is 5.82 Å². The minimum absolute atomic E-state index is 1.09. The first-order valence-corrected chi connectivity index (χ1v) is 21.2. The van der Waals surface area contributed by atoms with Crippen LogP contribution < -0.4 is 9.80 Å². The van der Waals surface area contributed by atoms with Crippen LogP contribution in [0.25, 0.3) is 50.0 Å². The normalized spacial score (nSPS) is 11.9. The predicted molar refractivity (Wildman–Crippen MR) is 253 cm³/mol. The summed E-state index contributed by atoms with van der Waals surface area (Å²) in [6.45, 7) is 0. The van der Waals surface area contributed by atoms with Gasteiger partial charge in [-0.1, -0.05) is 169 Å². The number of anilines is 6. The molecule has 0 bridgehead atoms. The molecule has 1 aliphatic heterocycles. The molecule has 0 spiro atoms. The lowest BCUT2D eigenvalue weighted by atomic mass is 10.0. The molecule has 4 heteroatoms. The minimum atomic E-state index is 1.09. The number of benzene rings is 9. The van der Waals surface area contributed by atoms with Crippen LogP contribution in [0.1, 0.15) is 0 Å². The minimum Gasteiger partial charge on any atom is -0.311 e. The maximum absolute atomic E-state index is 2.45. The van der Waals surface area contributed by atoms with Crippen LogP contribution >= 0.6 is 11.8 Å². The van der Waals surface area contributed by atoms with Gasteiger partial charge in [0.05, 0.1) is 16.1 Å². The SMILES string of the molecule is c1ccc(-c2ccc(N(c3ccc(-c4ccccc4)cc3)c3ccc(-c4ccc5c(c4)N(c4ccccc4)c4c(c6ccccc6n4-c4ccccc4)S5)cc3)cc2)cc1. The van der Waals surface area contributed by atoms with Gasteiger partial charge in [0, 0.05) is 38.7 Å². The van der Waals surface area contributed by atoms with E-state index in [2.05, 4.69) is 251 Å². The molecule has 11 rings (SSSR count). The molecule has 2 heterocycles. The van der Waals surface area contributed by atoms with E-state index in [1.807, 2.05) is 11.8 Å². The standard InChI is InChI=1S/C56H39N3S/c1-5-15-40(16-6-1)42-25-32-48(33-26-42)57(49-34-27-43(28-35-49)41-17-7-2-8-18-41)50-36-29-44(30-37-50)45-31-38-54-53(39-45)59(47-21-11-4-12-22-47)56-55(60-54)51-23-13-14-24-52(51)58(56)46-19-9-3-10-20-46/h1-39H. The molecular weight excluding hydrogens is 747 g/mol. The Hall–Kier alpha value is -7.53. The van der Waals surface area contributed by atoms with E-state index in [9.17, 15) is 0 Å². The van der Waals surface area contributed by atoms with Crippen LogP contribution in [0.15, 0.2) is 246 Å². The fourth-order valence-electron chi connectivity index (χ4n) is 8.48. The van der Waals surface area contributed by atoms with Crippen molar-refractivity contribution in [3.8, 4) is 39.1 Å². The molecule has 0 aliphatic carbocycles. The molecule has 1 aliphatic rings. The highest BCUT2D eigenvalue weighted by Gasteiger charge is 2.32. The molecule has 0 radical (unpaired) electrons. The fourth-order valence-corrected chi connectivity index (χ4v) is 9.64. The molecule has 0 saturated heterocycles. The van der Waals surface area contributed by atoms with Crippen molar-refractivity contribution in [3.63, 3.8) is 0 Å². The second kappa shape index (κ2) is 15.3. The van der Waals surface area contributed by atoms with Crippen LogP contribution in [0, 0.1) is 0 Å². The number of nitrogens with zero attached hydrogens (tertiary/aromatic N) is 3. The predicted octanol–water partition coefficient (Wildman–Crippen LogP) is 16.0. The molecule has 284 valence electrons. The van der Waals surface area contributed by atoms with Crippen molar-refractivity contribution in [2.45, 2.75) is 9.79 Å². The van der Waals surface area contributed by atoms with Gasteiger partial charge in [-0.25, -0.2) is 0 Å². The van der Waals surface area contributed by atoms with Crippen molar-refractivity contribution in [1.82, 2.24) is 4.57 Å². The number of hydrogen-bond acceptors (Lipinski definition) is 3. The van der Waals surface area contributed by atoms with Gasteiger partial charge in [-0.05, 0) is 112 Å². The van der Waals surface area contributed by atoms with E-state index in [0.29, 0.717) is 0 Å². The summed E-state index contributed by atoms with van der Waals surface area (Å²) in [5.74, 6) is 1.16. The summed E-state index contributed by atoms with van der Waals surface area (Å²) < 4.78 is 2.42. The van der Waals surface area contributed by atoms with Crippen molar-refractivity contribution in [2.75, 3.05) is 9.80 Å². The van der Waals surface area contributed by atoms with E-state index >= 15 is 0 Å². The van der Waals surface area contributed by atoms with E-state index in [1.54, 1.807) is 0 Å². The van der Waals surface area contributed by atoms with E-state index < -0.39 is 0 Å². The smallest absolute Gasteiger partial charge is 0.137 e. The van der Waals surface area contributed by atoms with Gasteiger partial charge in [0.25, 0.3) is 0 Å². The Morgan fingerprint density at radius 3 is 1.30 bits per heavy atom. The summed E-state index contributed by atoms with van der Waals surface area (Å²) in [6, 6.07) is 85.1. The Kier molecular flexibility index (Phi) is 9.10. The first kappa shape index (κ1) is 35.6. The number of aromatic nitrogens is 1. The van der Waals surface area contributed by atoms with E-state index in [1.165, 1.54) is 54.2 Å². The van der Waals surface area contributed by atoms with Crippen LogP contribution in [0.4, 0.5) is 34.3 Å². The first-order valence-electron chi connectivity index (χ1n) is 20.3. The summed E-state index contributed by atoms with van der Waals surface area (Å²) in [5.41, 5.74) is 15.0. The third-order valence-corrected chi connectivity index (χ3v) is 12.6. The van der Waals surface area contributed by atoms with Gasteiger partial charge in [-0.2, -0.15) is 0 Å². The van der Waals surface area contributed by atoms with Crippen molar-refractivity contribution in [1.29, 1.82) is 0 Å². The fraction of sp³-hybridized carbons (Fsp3) is 0. The number of rotatable bonds is 8. The Morgan fingerprint density at radius 1 is 0.350 bits per heavy atom. The highest BCUT2D eigenvalue weighted by molar-refractivity contribution is 8.00. The van der Waals surface area contributed by atoms with Gasteiger partial charge < -0.3 is 4.90 Å². The van der Waals surface area contributed by atoms with Crippen LogP contribution in [-0.4, -0.2) is 4.57 Å². The van der Waals surface area contributed by atoms with Gasteiger partial charge >= 0.3 is 0 Å². The van der Waals surface area contributed by atoms with Crippen molar-refractivity contribution in [3.05, 3.63) is 237 Å². The third kappa shape index (κ3) is 6.44. The van der Waals surface area contributed by atoms with Crippen molar-refractivity contribution in [2.24, 2.45) is 0 Å². The summed E-state index contributed by atoms with van der Waals surface area (Å²) in [6.07, 6.45) is 0. The molecule has 0 saturated carbocycles. The first-order chi connectivity index (χ1) is 29.8. The topological polar surface area (TPSA) is 11.4 Å². The summed E-state index contributed by atoms with van der Waals surface area (Å²) in [5, 5.41) is 1.25. The zero-order valence-corrected chi connectivity index (χ0v) is 33.6. The third-order valence-electron chi connectivity index (χ3n) is 11.4. The van der Waals surface area contributed by atoms with Crippen LogP contribution in [0.5, 0.6) is 0 Å². The molecule has 0 amide bonds. The largest absolute Gasteiger partial charge is 0.311 e. The number of hydrogen-bond donors (Lipinski definition) is 0. The molecule has 0 N–H and O–H groups in total. The van der Waals surface area contributed by atoms with Crippen molar-refractivity contribution >= 4 is 56.9 Å². The molecule has 10 aromatic rings. The van der Waals surface area contributed by atoms with Crippen LogP contribution in [0.2, 0.25) is 0 Å². The summed E-state index contributed by atoms with van der Waals surface area (Å²) in [7, 11) is 0. The second-order valence-electron chi connectivity index (χ2n) is 15.0. The van der Waals surface area contributed by atoms with Crippen molar-refractivity contribution < 1.29 is 0 Å². The summed E-state index contributed by atoms with van der Waals surface area (Å²) >= 11 is 1.86. The second-order valence-corrected chi connectivity index (χ2v) is 16.1. The molecule has 1 aromatic heterocycles.